The van der Waals surface area contributed by atoms with Crippen molar-refractivity contribution in [3.05, 3.63) is 40.5 Å². The van der Waals surface area contributed by atoms with E-state index in [2.05, 4.69) is 26.7 Å². The predicted octanol–water partition coefficient (Wildman–Crippen LogP) is 2.91. The number of carbonyl (C=O) groups is 1. The highest BCUT2D eigenvalue weighted by Crippen LogP contribution is 2.33. The van der Waals surface area contributed by atoms with Crippen molar-refractivity contribution in [3.8, 4) is 0 Å². The molecule has 1 amide bonds. The maximum atomic E-state index is 13.3. The van der Waals surface area contributed by atoms with Crippen molar-refractivity contribution >= 4 is 51.5 Å². The molecule has 0 N–H and O–H groups in total. The smallest absolute Gasteiger partial charge is 0.291 e. The fourth-order valence-corrected chi connectivity index (χ4v) is 5.69. The average Bonchev–Trinajstić information content (AvgIpc) is 3.20. The molecule has 5 rings (SSSR count). The van der Waals surface area contributed by atoms with Crippen LogP contribution in [0.5, 0.6) is 0 Å². The molecule has 156 valence electrons. The van der Waals surface area contributed by atoms with E-state index >= 15 is 0 Å². The number of rotatable bonds is 3. The monoisotopic (exact) mass is 440 g/mol. The van der Waals surface area contributed by atoms with Gasteiger partial charge >= 0.3 is 0 Å². The van der Waals surface area contributed by atoms with Crippen molar-refractivity contribution in [2.75, 3.05) is 60.6 Å². The van der Waals surface area contributed by atoms with Crippen LogP contribution >= 0.6 is 23.1 Å². The Morgan fingerprint density at radius 1 is 1.00 bits per heavy atom. The third-order valence-electron chi connectivity index (χ3n) is 5.66. The SMILES string of the molecule is Cc1scc2nc(C(=O)N3CCN(c4ccccn4)CC3)nc(N3CCSCC3)c12. The molecule has 2 fully saturated rings. The largest absolute Gasteiger partial charge is 0.354 e. The van der Waals surface area contributed by atoms with Crippen molar-refractivity contribution in [2.24, 2.45) is 0 Å². The number of carbonyl (C=O) groups excluding carboxylic acids is 1. The van der Waals surface area contributed by atoms with Gasteiger partial charge in [0.1, 0.15) is 11.6 Å². The molecule has 0 saturated carbocycles. The second-order valence-corrected chi connectivity index (χ2v) is 9.80. The normalized spacial score (nSPS) is 17.6. The van der Waals surface area contributed by atoms with E-state index in [1.54, 1.807) is 17.5 Å². The summed E-state index contributed by atoms with van der Waals surface area (Å²) in [5.41, 5.74) is 0.885. The number of aromatic nitrogens is 3. The van der Waals surface area contributed by atoms with Gasteiger partial charge in [-0.05, 0) is 19.1 Å². The van der Waals surface area contributed by atoms with Crippen LogP contribution in [0.1, 0.15) is 15.5 Å². The molecule has 0 unspecified atom stereocenters. The number of thioether (sulfide) groups is 1. The van der Waals surface area contributed by atoms with Crippen LogP contribution in [0.25, 0.3) is 10.9 Å². The van der Waals surface area contributed by atoms with Crippen molar-refractivity contribution < 1.29 is 4.79 Å². The summed E-state index contributed by atoms with van der Waals surface area (Å²) in [6.07, 6.45) is 1.80. The van der Waals surface area contributed by atoms with Gasteiger partial charge in [-0.3, -0.25) is 4.79 Å². The highest BCUT2D eigenvalue weighted by atomic mass is 32.2. The number of amides is 1. The van der Waals surface area contributed by atoms with Crippen molar-refractivity contribution in [2.45, 2.75) is 6.92 Å². The number of fused-ring (bicyclic) bond motifs is 1. The fraction of sp³-hybridized carbons (Fsp3) is 0.429. The second kappa shape index (κ2) is 8.39. The lowest BCUT2D eigenvalue weighted by atomic mass is 10.2. The van der Waals surface area contributed by atoms with E-state index in [0.717, 1.165) is 60.2 Å². The van der Waals surface area contributed by atoms with Crippen LogP contribution in [0.15, 0.2) is 29.8 Å². The van der Waals surface area contributed by atoms with Gasteiger partial charge in [0.25, 0.3) is 5.91 Å². The molecule has 0 atom stereocenters. The Morgan fingerprint density at radius 2 is 1.80 bits per heavy atom. The Kier molecular flexibility index (Phi) is 5.47. The molecule has 7 nitrogen and oxygen atoms in total. The van der Waals surface area contributed by atoms with Crippen LogP contribution in [0.2, 0.25) is 0 Å². The van der Waals surface area contributed by atoms with Crippen LogP contribution in [0.3, 0.4) is 0 Å². The summed E-state index contributed by atoms with van der Waals surface area (Å²) in [6, 6.07) is 5.92. The summed E-state index contributed by atoms with van der Waals surface area (Å²) in [7, 11) is 0. The zero-order valence-corrected chi connectivity index (χ0v) is 18.6. The minimum Gasteiger partial charge on any atom is -0.354 e. The highest BCUT2D eigenvalue weighted by molar-refractivity contribution is 7.99. The first kappa shape index (κ1) is 19.6. The summed E-state index contributed by atoms with van der Waals surface area (Å²) in [5, 5.41) is 3.15. The first-order valence-corrected chi connectivity index (χ1v) is 12.3. The number of hydrogen-bond acceptors (Lipinski definition) is 8. The minimum absolute atomic E-state index is 0.0749. The van der Waals surface area contributed by atoms with E-state index in [1.165, 1.54) is 4.88 Å². The van der Waals surface area contributed by atoms with E-state index < -0.39 is 0 Å². The second-order valence-electron chi connectivity index (χ2n) is 7.49. The topological polar surface area (TPSA) is 65.5 Å². The molecule has 0 bridgehead atoms. The van der Waals surface area contributed by atoms with Crippen LogP contribution in [0.4, 0.5) is 11.6 Å². The molecular formula is C21H24N6OS2. The number of hydrogen-bond donors (Lipinski definition) is 0. The molecule has 0 aromatic carbocycles. The molecule has 3 aromatic heterocycles. The van der Waals surface area contributed by atoms with Crippen LogP contribution in [-0.4, -0.2) is 76.5 Å². The summed E-state index contributed by atoms with van der Waals surface area (Å²) < 4.78 is 0. The molecule has 5 heterocycles. The lowest BCUT2D eigenvalue weighted by Crippen LogP contribution is -2.49. The summed E-state index contributed by atoms with van der Waals surface area (Å²) in [6.45, 7) is 6.85. The summed E-state index contributed by atoms with van der Waals surface area (Å²) in [4.78, 5) is 34.8. The van der Waals surface area contributed by atoms with E-state index in [1.807, 2.05) is 40.2 Å². The van der Waals surface area contributed by atoms with Crippen LogP contribution in [-0.2, 0) is 0 Å². The third-order valence-corrected chi connectivity index (χ3v) is 7.50. The lowest BCUT2D eigenvalue weighted by molar-refractivity contribution is 0.0734. The van der Waals surface area contributed by atoms with Gasteiger partial charge in [0.15, 0.2) is 0 Å². The van der Waals surface area contributed by atoms with Crippen molar-refractivity contribution in [3.63, 3.8) is 0 Å². The molecule has 9 heteroatoms. The lowest BCUT2D eigenvalue weighted by Gasteiger charge is -2.35. The first-order valence-electron chi connectivity index (χ1n) is 10.2. The number of anilines is 2. The zero-order valence-electron chi connectivity index (χ0n) is 17.0. The Morgan fingerprint density at radius 3 is 2.53 bits per heavy atom. The fourth-order valence-electron chi connectivity index (χ4n) is 4.01. The Balaban J connectivity index is 1.39. The first-order chi connectivity index (χ1) is 14.7. The van der Waals surface area contributed by atoms with Gasteiger partial charge in [-0.1, -0.05) is 6.07 Å². The van der Waals surface area contributed by atoms with Crippen LogP contribution < -0.4 is 9.80 Å². The summed E-state index contributed by atoms with van der Waals surface area (Å²) >= 11 is 3.65. The molecule has 2 saturated heterocycles. The number of nitrogens with zero attached hydrogens (tertiary/aromatic N) is 6. The maximum Gasteiger partial charge on any atom is 0.291 e. The Bertz CT molecular complexity index is 1040. The average molecular weight is 441 g/mol. The highest BCUT2D eigenvalue weighted by Gasteiger charge is 2.27. The Hall–Kier alpha value is -2.39. The number of piperazine rings is 1. The number of aryl methyl sites for hydroxylation is 1. The van der Waals surface area contributed by atoms with Gasteiger partial charge in [-0.2, -0.15) is 11.8 Å². The molecular weight excluding hydrogens is 416 g/mol. The molecule has 0 aliphatic carbocycles. The van der Waals surface area contributed by atoms with E-state index in [-0.39, 0.29) is 5.91 Å². The predicted molar refractivity (Wildman–Crippen MR) is 124 cm³/mol. The van der Waals surface area contributed by atoms with E-state index in [9.17, 15) is 4.79 Å². The van der Waals surface area contributed by atoms with E-state index in [0.29, 0.717) is 18.9 Å². The molecule has 2 aliphatic rings. The van der Waals surface area contributed by atoms with Gasteiger partial charge in [0, 0.05) is 67.2 Å². The van der Waals surface area contributed by atoms with Crippen molar-refractivity contribution in [1.82, 2.24) is 19.9 Å². The number of pyridine rings is 1. The maximum absolute atomic E-state index is 13.3. The van der Waals surface area contributed by atoms with Gasteiger partial charge in [0.2, 0.25) is 5.82 Å². The van der Waals surface area contributed by atoms with Gasteiger partial charge in [-0.25, -0.2) is 15.0 Å². The Labute approximate surface area is 184 Å². The summed E-state index contributed by atoms with van der Waals surface area (Å²) in [5.74, 6) is 4.31. The number of thiophene rings is 1. The molecule has 0 radical (unpaired) electrons. The van der Waals surface area contributed by atoms with Gasteiger partial charge in [-0.15, -0.1) is 11.3 Å². The minimum atomic E-state index is -0.0749. The molecule has 0 spiro atoms. The quantitative estimate of drug-likeness (QED) is 0.620. The third kappa shape index (κ3) is 3.72. The van der Waals surface area contributed by atoms with E-state index in [4.69, 9.17) is 4.98 Å². The van der Waals surface area contributed by atoms with Gasteiger partial charge < -0.3 is 14.7 Å². The molecule has 2 aliphatic heterocycles. The van der Waals surface area contributed by atoms with Crippen LogP contribution in [0, 0.1) is 6.92 Å². The van der Waals surface area contributed by atoms with Crippen molar-refractivity contribution in [1.29, 1.82) is 0 Å². The zero-order chi connectivity index (χ0) is 20.5. The molecule has 30 heavy (non-hydrogen) atoms. The molecule has 3 aromatic rings. The standard InChI is InChI=1S/C21H24N6OS2/c1-15-18-16(14-30-15)23-19(24-20(18)26-10-12-29-13-11-26)21(28)27-8-6-25(7-9-27)17-4-2-3-5-22-17/h2-5,14H,6-13H2,1H3. The van der Waals surface area contributed by atoms with Gasteiger partial charge in [0.05, 0.1) is 10.9 Å².